The van der Waals surface area contributed by atoms with Gasteiger partial charge in [0.05, 0.1) is 0 Å². The van der Waals surface area contributed by atoms with Crippen LogP contribution in [0.3, 0.4) is 0 Å². The zero-order valence-electron chi connectivity index (χ0n) is 10.3. The van der Waals surface area contributed by atoms with Gasteiger partial charge in [-0.3, -0.25) is 10.4 Å². The molecular weight excluding hydrogens is 286 g/mol. The molecular formula is C11H12ClN5OS. The third-order valence-corrected chi connectivity index (χ3v) is 3.01. The molecule has 0 aliphatic heterocycles. The fraction of sp³-hybridized carbons (Fsp3) is 0.182. The first kappa shape index (κ1) is 13.6. The topological polar surface area (TPSA) is 67.1 Å². The molecule has 2 rings (SSSR count). The lowest BCUT2D eigenvalue weighted by Crippen LogP contribution is -2.45. The van der Waals surface area contributed by atoms with E-state index in [1.807, 2.05) is 0 Å². The fourth-order valence-corrected chi connectivity index (χ4v) is 1.82. The minimum atomic E-state index is 0.417. The summed E-state index contributed by atoms with van der Waals surface area (Å²) in [5, 5.41) is 17.2. The zero-order valence-corrected chi connectivity index (χ0v) is 11.9. The van der Waals surface area contributed by atoms with Gasteiger partial charge < -0.3 is 10.5 Å². The van der Waals surface area contributed by atoms with Gasteiger partial charge in [0.1, 0.15) is 5.52 Å². The van der Waals surface area contributed by atoms with Gasteiger partial charge in [-0.1, -0.05) is 11.6 Å². The van der Waals surface area contributed by atoms with Gasteiger partial charge in [-0.25, -0.2) is 4.98 Å². The quantitative estimate of drug-likeness (QED) is 0.373. The average Bonchev–Trinajstić information content (AvgIpc) is 2.39. The van der Waals surface area contributed by atoms with Crippen molar-refractivity contribution < 1.29 is 4.73 Å². The summed E-state index contributed by atoms with van der Waals surface area (Å²) >= 11 is 10.8. The van der Waals surface area contributed by atoms with Crippen LogP contribution >= 0.6 is 23.8 Å². The highest BCUT2D eigenvalue weighted by Crippen LogP contribution is 2.16. The molecule has 0 radical (unpaired) electrons. The minimum Gasteiger partial charge on any atom is -0.618 e. The van der Waals surface area contributed by atoms with Gasteiger partial charge in [0.15, 0.2) is 5.11 Å². The summed E-state index contributed by atoms with van der Waals surface area (Å²) in [6.45, 7) is 0. The van der Waals surface area contributed by atoms with Crippen LogP contribution in [0.25, 0.3) is 11.0 Å². The molecule has 2 aromatic rings. The van der Waals surface area contributed by atoms with Crippen LogP contribution in [0.1, 0.15) is 0 Å². The van der Waals surface area contributed by atoms with E-state index >= 15 is 0 Å². The van der Waals surface area contributed by atoms with Crippen molar-refractivity contribution in [1.82, 2.24) is 15.7 Å². The maximum atomic E-state index is 11.9. The summed E-state index contributed by atoms with van der Waals surface area (Å²) in [7, 11) is 3.42. The number of aromatic nitrogens is 2. The van der Waals surface area contributed by atoms with Gasteiger partial charge in [-0.2, -0.15) is 4.73 Å². The number of fused-ring (bicyclic) bond motifs is 1. The minimum absolute atomic E-state index is 0.417. The third-order valence-electron chi connectivity index (χ3n) is 2.48. The molecule has 1 aromatic carbocycles. The van der Waals surface area contributed by atoms with Crippen molar-refractivity contribution in [2.45, 2.75) is 0 Å². The lowest BCUT2D eigenvalue weighted by molar-refractivity contribution is -0.576. The molecule has 1 heterocycles. The summed E-state index contributed by atoms with van der Waals surface area (Å²) in [4.78, 5) is 4.36. The Balaban J connectivity index is 2.40. The number of hydrogen-bond donors (Lipinski definition) is 2. The van der Waals surface area contributed by atoms with E-state index in [9.17, 15) is 5.21 Å². The Bertz CT molecular complexity index is 636. The van der Waals surface area contributed by atoms with Crippen LogP contribution in [0.5, 0.6) is 0 Å². The summed E-state index contributed by atoms with van der Waals surface area (Å²) < 4.78 is 0.726. The second-order valence-electron chi connectivity index (χ2n) is 3.81. The molecule has 0 saturated heterocycles. The van der Waals surface area contributed by atoms with E-state index in [0.29, 0.717) is 27.0 Å². The first-order valence-electron chi connectivity index (χ1n) is 5.43. The Morgan fingerprint density at radius 2 is 2.26 bits per heavy atom. The Kier molecular flexibility index (Phi) is 3.87. The molecule has 8 heteroatoms. The highest BCUT2D eigenvalue weighted by Gasteiger charge is 2.12. The number of hydrazine groups is 1. The van der Waals surface area contributed by atoms with Crippen LogP contribution in [0, 0.1) is 5.21 Å². The SMILES string of the molecule is CNC(=S)NN(C)c1c[n+]([O-])c2cc(Cl)ccc2n1. The van der Waals surface area contributed by atoms with E-state index in [1.165, 1.54) is 6.20 Å². The smallest absolute Gasteiger partial charge is 0.244 e. The third kappa shape index (κ3) is 2.94. The molecule has 19 heavy (non-hydrogen) atoms. The fourth-order valence-electron chi connectivity index (χ4n) is 1.52. The predicted molar refractivity (Wildman–Crippen MR) is 78.9 cm³/mol. The van der Waals surface area contributed by atoms with Crippen LogP contribution in [0.4, 0.5) is 5.82 Å². The van der Waals surface area contributed by atoms with Crippen LogP contribution in [0.2, 0.25) is 5.02 Å². The van der Waals surface area contributed by atoms with Crippen molar-refractivity contribution in [2.24, 2.45) is 0 Å². The first-order valence-corrected chi connectivity index (χ1v) is 6.21. The number of anilines is 1. The van der Waals surface area contributed by atoms with E-state index in [4.69, 9.17) is 23.8 Å². The van der Waals surface area contributed by atoms with Crippen molar-refractivity contribution in [3.63, 3.8) is 0 Å². The zero-order chi connectivity index (χ0) is 14.0. The van der Waals surface area contributed by atoms with Gasteiger partial charge in [-0.05, 0) is 24.4 Å². The Morgan fingerprint density at radius 1 is 1.53 bits per heavy atom. The maximum absolute atomic E-state index is 11.9. The molecule has 1 aromatic heterocycles. The number of nitrogens with zero attached hydrogens (tertiary/aromatic N) is 3. The van der Waals surface area contributed by atoms with Crippen molar-refractivity contribution in [3.8, 4) is 0 Å². The van der Waals surface area contributed by atoms with Crippen molar-refractivity contribution >= 4 is 45.8 Å². The van der Waals surface area contributed by atoms with Crippen LogP contribution < -0.4 is 20.5 Å². The van der Waals surface area contributed by atoms with E-state index in [1.54, 1.807) is 37.3 Å². The number of hydrogen-bond acceptors (Lipinski definition) is 4. The number of thiocarbonyl (C=S) groups is 1. The van der Waals surface area contributed by atoms with E-state index in [2.05, 4.69) is 15.7 Å². The lowest BCUT2D eigenvalue weighted by Gasteiger charge is -2.19. The number of halogens is 1. The molecule has 0 aliphatic carbocycles. The maximum Gasteiger partial charge on any atom is 0.244 e. The Morgan fingerprint density at radius 3 is 2.95 bits per heavy atom. The molecule has 0 amide bonds. The van der Waals surface area contributed by atoms with Gasteiger partial charge in [-0.15, -0.1) is 0 Å². The number of rotatable bonds is 2. The van der Waals surface area contributed by atoms with Gasteiger partial charge >= 0.3 is 0 Å². The average molecular weight is 298 g/mol. The molecule has 2 N–H and O–H groups in total. The molecule has 0 spiro atoms. The second-order valence-corrected chi connectivity index (χ2v) is 4.65. The van der Waals surface area contributed by atoms with Crippen molar-refractivity contribution in [1.29, 1.82) is 0 Å². The van der Waals surface area contributed by atoms with E-state index in [0.717, 1.165) is 4.73 Å². The molecule has 0 bridgehead atoms. The monoisotopic (exact) mass is 297 g/mol. The van der Waals surface area contributed by atoms with Gasteiger partial charge in [0.25, 0.3) is 0 Å². The standard InChI is InChI=1S/C11H12ClN5OS/c1-13-11(19)15-16(2)10-6-17(18)9-5-7(12)3-4-8(9)14-10/h3-6H,1-2H3,(H2,13,15,19). The van der Waals surface area contributed by atoms with Crippen LogP contribution in [-0.4, -0.2) is 24.2 Å². The van der Waals surface area contributed by atoms with Crippen molar-refractivity contribution in [3.05, 3.63) is 34.6 Å². The Labute approximate surface area is 120 Å². The molecule has 0 aliphatic rings. The predicted octanol–water partition coefficient (Wildman–Crippen LogP) is 0.967. The molecule has 6 nitrogen and oxygen atoms in total. The number of nitrogens with one attached hydrogen (secondary N) is 2. The summed E-state index contributed by atoms with van der Waals surface area (Å²) in [5.74, 6) is 0.447. The lowest BCUT2D eigenvalue weighted by atomic mass is 10.3. The summed E-state index contributed by atoms with van der Waals surface area (Å²) in [5.41, 5.74) is 3.84. The molecule has 0 atom stereocenters. The molecule has 0 saturated carbocycles. The molecule has 0 fully saturated rings. The first-order chi connectivity index (χ1) is 9.01. The van der Waals surface area contributed by atoms with Crippen molar-refractivity contribution in [2.75, 3.05) is 19.1 Å². The normalized spacial score (nSPS) is 10.3. The van der Waals surface area contributed by atoms with Crippen LogP contribution in [-0.2, 0) is 0 Å². The Hall–Kier alpha value is -1.86. The van der Waals surface area contributed by atoms with E-state index in [-0.39, 0.29) is 0 Å². The second kappa shape index (κ2) is 5.41. The highest BCUT2D eigenvalue weighted by molar-refractivity contribution is 7.80. The van der Waals surface area contributed by atoms with Gasteiger partial charge in [0.2, 0.25) is 17.5 Å². The van der Waals surface area contributed by atoms with E-state index < -0.39 is 0 Å². The summed E-state index contributed by atoms with van der Waals surface area (Å²) in [6.07, 6.45) is 1.35. The van der Waals surface area contributed by atoms with Gasteiger partial charge in [0, 0.05) is 25.2 Å². The highest BCUT2D eigenvalue weighted by atomic mass is 35.5. The molecule has 0 unspecified atom stereocenters. The number of benzene rings is 1. The van der Waals surface area contributed by atoms with Crippen LogP contribution in [0.15, 0.2) is 24.4 Å². The largest absolute Gasteiger partial charge is 0.618 e. The summed E-state index contributed by atoms with van der Waals surface area (Å²) in [6, 6.07) is 4.96. The molecule has 100 valence electrons.